The molecule has 0 bridgehead atoms. The number of hydrogen-bond acceptors (Lipinski definition) is 6. The zero-order valence-corrected chi connectivity index (χ0v) is 15.7. The van der Waals surface area contributed by atoms with Crippen LogP contribution in [0.4, 0.5) is 0 Å². The molecule has 0 amide bonds. The van der Waals surface area contributed by atoms with Crippen molar-refractivity contribution in [2.45, 2.75) is 13.1 Å². The van der Waals surface area contributed by atoms with Crippen molar-refractivity contribution in [2.75, 3.05) is 40.3 Å². The molecule has 0 aromatic carbocycles. The van der Waals surface area contributed by atoms with Gasteiger partial charge in [-0.05, 0) is 30.5 Å². The first-order valence-electron chi connectivity index (χ1n) is 7.78. The zero-order valence-electron chi connectivity index (χ0n) is 14.1. The van der Waals surface area contributed by atoms with Gasteiger partial charge in [-0.2, -0.15) is 0 Å². The lowest BCUT2D eigenvalue weighted by molar-refractivity contribution is 0.643. The molecule has 0 aliphatic rings. The SMILES string of the molecule is CNC(=S)NCCNCc1cc(CNCCNC(=S)NC)ncn1. The molecule has 0 fully saturated rings. The third-order valence-corrected chi connectivity index (χ3v) is 3.72. The van der Waals surface area contributed by atoms with Crippen LogP contribution in [0.2, 0.25) is 0 Å². The first-order valence-corrected chi connectivity index (χ1v) is 8.59. The van der Waals surface area contributed by atoms with E-state index in [1.807, 2.05) is 6.07 Å². The number of aromatic nitrogens is 2. The van der Waals surface area contributed by atoms with Gasteiger partial charge in [-0.15, -0.1) is 0 Å². The van der Waals surface area contributed by atoms with Crippen molar-refractivity contribution in [3.63, 3.8) is 0 Å². The Balaban J connectivity index is 2.18. The number of hydrogen-bond donors (Lipinski definition) is 6. The Morgan fingerprint density at radius 3 is 1.71 bits per heavy atom. The summed E-state index contributed by atoms with van der Waals surface area (Å²) in [7, 11) is 3.59. The summed E-state index contributed by atoms with van der Waals surface area (Å²) in [5.74, 6) is 0. The summed E-state index contributed by atoms with van der Waals surface area (Å²) >= 11 is 10.0. The highest BCUT2D eigenvalue weighted by Gasteiger charge is 1.99. The third kappa shape index (κ3) is 9.50. The first-order chi connectivity index (χ1) is 11.7. The van der Waals surface area contributed by atoms with Crippen LogP contribution in [0.15, 0.2) is 12.4 Å². The van der Waals surface area contributed by atoms with Gasteiger partial charge >= 0.3 is 0 Å². The Bertz CT molecular complexity index is 470. The lowest BCUT2D eigenvalue weighted by atomic mass is 10.3. The summed E-state index contributed by atoms with van der Waals surface area (Å²) in [5, 5.41) is 19.8. The van der Waals surface area contributed by atoms with E-state index in [9.17, 15) is 0 Å². The smallest absolute Gasteiger partial charge is 0.166 e. The van der Waals surface area contributed by atoms with Crippen LogP contribution < -0.4 is 31.9 Å². The van der Waals surface area contributed by atoms with Crippen molar-refractivity contribution in [1.29, 1.82) is 0 Å². The molecular formula is C14H26N8S2. The van der Waals surface area contributed by atoms with Gasteiger partial charge in [0.15, 0.2) is 10.2 Å². The van der Waals surface area contributed by atoms with Gasteiger partial charge in [0.1, 0.15) is 6.33 Å². The minimum Gasteiger partial charge on any atom is -0.366 e. The van der Waals surface area contributed by atoms with Gasteiger partial charge in [-0.25, -0.2) is 9.97 Å². The molecule has 0 radical (unpaired) electrons. The van der Waals surface area contributed by atoms with E-state index < -0.39 is 0 Å². The van der Waals surface area contributed by atoms with Crippen LogP contribution in [0, 0.1) is 0 Å². The molecule has 1 heterocycles. The van der Waals surface area contributed by atoms with Gasteiger partial charge in [0.05, 0.1) is 11.4 Å². The third-order valence-electron chi connectivity index (χ3n) is 3.02. The van der Waals surface area contributed by atoms with E-state index in [1.54, 1.807) is 20.4 Å². The summed E-state index contributed by atoms with van der Waals surface area (Å²) in [5.41, 5.74) is 1.93. The second-order valence-electron chi connectivity index (χ2n) is 4.87. The fraction of sp³-hybridized carbons (Fsp3) is 0.571. The van der Waals surface area contributed by atoms with Gasteiger partial charge in [-0.3, -0.25) is 0 Å². The van der Waals surface area contributed by atoms with Gasteiger partial charge in [0.25, 0.3) is 0 Å². The van der Waals surface area contributed by atoms with Gasteiger partial charge in [0, 0.05) is 53.4 Å². The largest absolute Gasteiger partial charge is 0.366 e. The highest BCUT2D eigenvalue weighted by molar-refractivity contribution is 7.80. The Hall–Kier alpha value is -1.62. The number of nitrogens with zero attached hydrogens (tertiary/aromatic N) is 2. The Morgan fingerprint density at radius 1 is 0.833 bits per heavy atom. The average molecular weight is 371 g/mol. The summed E-state index contributed by atoms with van der Waals surface area (Å²) in [6.07, 6.45) is 1.59. The van der Waals surface area contributed by atoms with Crippen molar-refractivity contribution in [1.82, 2.24) is 41.9 Å². The molecule has 1 aromatic rings. The monoisotopic (exact) mass is 370 g/mol. The Kier molecular flexibility index (Phi) is 10.9. The molecule has 24 heavy (non-hydrogen) atoms. The van der Waals surface area contributed by atoms with Gasteiger partial charge in [-0.1, -0.05) is 0 Å². The standard InChI is InChI=1S/C14H26N8S2/c1-15-13(23)19-5-3-17-8-11-7-12(22-10-21-11)9-18-4-6-20-14(24)16-2/h7,10,17-18H,3-6,8-9H2,1-2H3,(H2,15,19,23)(H2,16,20,24). The van der Waals surface area contributed by atoms with Crippen molar-refractivity contribution in [2.24, 2.45) is 0 Å². The Morgan fingerprint density at radius 2 is 1.29 bits per heavy atom. The molecule has 6 N–H and O–H groups in total. The number of thiocarbonyl (C=S) groups is 2. The predicted molar refractivity (Wildman–Crippen MR) is 105 cm³/mol. The lowest BCUT2D eigenvalue weighted by Crippen LogP contribution is -2.37. The molecule has 8 nitrogen and oxygen atoms in total. The lowest BCUT2D eigenvalue weighted by Gasteiger charge is -2.09. The molecule has 1 aromatic heterocycles. The molecule has 0 saturated carbocycles. The molecule has 10 heteroatoms. The molecule has 0 spiro atoms. The van der Waals surface area contributed by atoms with Crippen LogP contribution in [0.3, 0.4) is 0 Å². The van der Waals surface area contributed by atoms with Crippen LogP contribution >= 0.6 is 24.4 Å². The number of rotatable bonds is 10. The van der Waals surface area contributed by atoms with E-state index in [1.165, 1.54) is 0 Å². The van der Waals surface area contributed by atoms with Crippen LogP contribution in [0.1, 0.15) is 11.4 Å². The summed E-state index contributed by atoms with van der Waals surface area (Å²) in [6, 6.07) is 2.00. The van der Waals surface area contributed by atoms with Crippen molar-refractivity contribution in [3.05, 3.63) is 23.8 Å². The maximum atomic E-state index is 5.00. The molecule has 0 aliphatic carbocycles. The summed E-state index contributed by atoms with van der Waals surface area (Å²) < 4.78 is 0. The second-order valence-corrected chi connectivity index (χ2v) is 5.68. The van der Waals surface area contributed by atoms with Crippen molar-refractivity contribution < 1.29 is 0 Å². The second kappa shape index (κ2) is 12.8. The highest BCUT2D eigenvalue weighted by Crippen LogP contribution is 1.97. The normalized spacial score (nSPS) is 10.1. The van der Waals surface area contributed by atoms with E-state index in [4.69, 9.17) is 24.4 Å². The average Bonchev–Trinajstić information content (AvgIpc) is 2.61. The first kappa shape index (κ1) is 20.4. The van der Waals surface area contributed by atoms with E-state index >= 15 is 0 Å². The highest BCUT2D eigenvalue weighted by atomic mass is 32.1. The predicted octanol–water partition coefficient (Wildman–Crippen LogP) is -1.16. The van der Waals surface area contributed by atoms with Crippen molar-refractivity contribution >= 4 is 34.7 Å². The Labute approximate surface area is 154 Å². The molecule has 0 aliphatic heterocycles. The van der Waals surface area contributed by atoms with Crippen LogP contribution in [-0.2, 0) is 13.1 Å². The zero-order chi connectivity index (χ0) is 17.6. The van der Waals surface area contributed by atoms with Crippen LogP contribution in [-0.4, -0.2) is 60.5 Å². The fourth-order valence-corrected chi connectivity index (χ4v) is 1.98. The minimum atomic E-state index is 0.650. The topological polar surface area (TPSA) is 98.0 Å². The number of nitrogens with one attached hydrogen (secondary N) is 6. The molecular weight excluding hydrogens is 344 g/mol. The van der Waals surface area contributed by atoms with E-state index in [-0.39, 0.29) is 0 Å². The van der Waals surface area contributed by atoms with E-state index in [0.29, 0.717) is 23.3 Å². The maximum absolute atomic E-state index is 5.00. The fourth-order valence-electron chi connectivity index (χ4n) is 1.78. The molecule has 0 atom stereocenters. The maximum Gasteiger partial charge on any atom is 0.166 e. The molecule has 134 valence electrons. The molecule has 0 saturated heterocycles. The summed E-state index contributed by atoms with van der Waals surface area (Å²) in [4.78, 5) is 8.54. The molecule has 1 rings (SSSR count). The minimum absolute atomic E-state index is 0.650. The van der Waals surface area contributed by atoms with E-state index in [0.717, 1.165) is 37.6 Å². The van der Waals surface area contributed by atoms with Gasteiger partial charge in [0.2, 0.25) is 0 Å². The summed E-state index contributed by atoms with van der Waals surface area (Å²) in [6.45, 7) is 4.53. The van der Waals surface area contributed by atoms with Gasteiger partial charge < -0.3 is 31.9 Å². The molecule has 0 unspecified atom stereocenters. The van der Waals surface area contributed by atoms with Crippen molar-refractivity contribution in [3.8, 4) is 0 Å². The van der Waals surface area contributed by atoms with E-state index in [2.05, 4.69) is 41.9 Å². The van der Waals surface area contributed by atoms with Crippen LogP contribution in [0.25, 0.3) is 0 Å². The van der Waals surface area contributed by atoms with Crippen LogP contribution in [0.5, 0.6) is 0 Å². The quantitative estimate of drug-likeness (QED) is 0.224.